The van der Waals surface area contributed by atoms with Crippen molar-refractivity contribution in [2.45, 2.75) is 49.9 Å². The molecule has 4 heterocycles. The van der Waals surface area contributed by atoms with E-state index in [1.165, 1.54) is 0 Å². The molecule has 3 saturated heterocycles. The Morgan fingerprint density at radius 3 is 2.44 bits per heavy atom. The third kappa shape index (κ3) is 6.52. The van der Waals surface area contributed by atoms with Crippen LogP contribution in [0.2, 0.25) is 0 Å². The Morgan fingerprint density at radius 1 is 1.16 bits per heavy atom. The summed E-state index contributed by atoms with van der Waals surface area (Å²) in [5, 5.41) is 10.5. The van der Waals surface area contributed by atoms with Crippen LogP contribution in [0.4, 0.5) is 19.1 Å². The second kappa shape index (κ2) is 10.4. The van der Waals surface area contributed by atoms with Gasteiger partial charge in [-0.3, -0.25) is 4.79 Å². The smallest absolute Gasteiger partial charge is 0.475 e. The highest BCUT2D eigenvalue weighted by Gasteiger charge is 2.45. The van der Waals surface area contributed by atoms with Gasteiger partial charge in [0.1, 0.15) is 0 Å². The number of halogens is 3. The van der Waals surface area contributed by atoms with Crippen molar-refractivity contribution in [1.82, 2.24) is 14.9 Å². The molecule has 178 valence electrons. The molecule has 32 heavy (non-hydrogen) atoms. The Balaban J connectivity index is 0.000000360. The molecule has 12 heteroatoms. The van der Waals surface area contributed by atoms with Gasteiger partial charge in [-0.2, -0.15) is 13.2 Å². The summed E-state index contributed by atoms with van der Waals surface area (Å²) < 4.78 is 43.3. The Hall–Kier alpha value is -2.47. The number of nitrogens with one attached hydrogen (secondary N) is 1. The largest absolute Gasteiger partial charge is 0.490 e. The Kier molecular flexibility index (Phi) is 7.88. The number of rotatable bonds is 3. The molecule has 0 bridgehead atoms. The van der Waals surface area contributed by atoms with E-state index in [0.717, 1.165) is 38.6 Å². The molecule has 4 rings (SSSR count). The standard InChI is InChI=1S/C18H26N4O3.C2HF3O2/c23-16(14-2-9-24-10-3-14)22-8-5-18(13-22)12-15(4-11-25-18)21-17-19-6-1-7-20-17;3-2(4,5)1(6)7/h1,6-7,14-15H,2-5,8-13H2,(H,19,20,21);(H,6,7)/t15-,18-;/m1./s1. The number of aliphatic carboxylic acids is 1. The molecule has 2 atom stereocenters. The van der Waals surface area contributed by atoms with Crippen LogP contribution < -0.4 is 5.32 Å². The molecule has 3 fully saturated rings. The number of hydrogen-bond acceptors (Lipinski definition) is 7. The Morgan fingerprint density at radius 2 is 1.81 bits per heavy atom. The maximum absolute atomic E-state index is 12.8. The molecule has 2 N–H and O–H groups in total. The molecule has 1 aromatic rings. The van der Waals surface area contributed by atoms with Gasteiger partial charge < -0.3 is 24.8 Å². The van der Waals surface area contributed by atoms with Gasteiger partial charge in [0.05, 0.1) is 5.60 Å². The lowest BCUT2D eigenvalue weighted by Crippen LogP contribution is -2.47. The fraction of sp³-hybridized carbons (Fsp3) is 0.700. The number of carboxylic acids is 1. The highest BCUT2D eigenvalue weighted by molar-refractivity contribution is 5.79. The van der Waals surface area contributed by atoms with Crippen LogP contribution in [0.1, 0.15) is 32.1 Å². The van der Waals surface area contributed by atoms with E-state index in [4.69, 9.17) is 19.4 Å². The summed E-state index contributed by atoms with van der Waals surface area (Å²) in [6.07, 6.45) is 2.84. The second-order valence-electron chi connectivity index (χ2n) is 8.14. The topological polar surface area (TPSA) is 114 Å². The predicted octanol–water partition coefficient (Wildman–Crippen LogP) is 2.10. The molecule has 3 aliphatic rings. The molecule has 0 aromatic carbocycles. The fourth-order valence-electron chi connectivity index (χ4n) is 4.23. The van der Waals surface area contributed by atoms with Crippen molar-refractivity contribution in [1.29, 1.82) is 0 Å². The molecule has 1 spiro atoms. The molecule has 0 aliphatic carbocycles. The number of anilines is 1. The zero-order valence-electron chi connectivity index (χ0n) is 17.5. The number of amides is 1. The van der Waals surface area contributed by atoms with Gasteiger partial charge in [0.25, 0.3) is 0 Å². The van der Waals surface area contributed by atoms with Crippen molar-refractivity contribution in [2.75, 3.05) is 38.2 Å². The molecule has 3 aliphatic heterocycles. The second-order valence-corrected chi connectivity index (χ2v) is 8.14. The third-order valence-corrected chi connectivity index (χ3v) is 5.83. The monoisotopic (exact) mass is 460 g/mol. The summed E-state index contributed by atoms with van der Waals surface area (Å²) in [6, 6.07) is 2.10. The van der Waals surface area contributed by atoms with E-state index >= 15 is 0 Å². The minimum atomic E-state index is -5.08. The average Bonchev–Trinajstić information content (AvgIpc) is 3.17. The summed E-state index contributed by atoms with van der Waals surface area (Å²) in [7, 11) is 0. The first-order valence-electron chi connectivity index (χ1n) is 10.5. The lowest BCUT2D eigenvalue weighted by molar-refractivity contribution is -0.192. The predicted molar refractivity (Wildman–Crippen MR) is 106 cm³/mol. The maximum Gasteiger partial charge on any atom is 0.490 e. The van der Waals surface area contributed by atoms with E-state index in [2.05, 4.69) is 15.3 Å². The van der Waals surface area contributed by atoms with Crippen molar-refractivity contribution in [3.63, 3.8) is 0 Å². The maximum atomic E-state index is 12.8. The van der Waals surface area contributed by atoms with Gasteiger partial charge in [0.2, 0.25) is 11.9 Å². The van der Waals surface area contributed by atoms with Gasteiger partial charge in [-0.15, -0.1) is 0 Å². The van der Waals surface area contributed by atoms with Crippen LogP contribution in [0, 0.1) is 5.92 Å². The van der Waals surface area contributed by atoms with Crippen molar-refractivity contribution in [3.05, 3.63) is 18.5 Å². The number of hydrogen-bond donors (Lipinski definition) is 2. The highest BCUT2D eigenvalue weighted by atomic mass is 19.4. The van der Waals surface area contributed by atoms with Gasteiger partial charge in [-0.1, -0.05) is 0 Å². The van der Waals surface area contributed by atoms with E-state index in [-0.39, 0.29) is 23.5 Å². The van der Waals surface area contributed by atoms with E-state index in [0.29, 0.717) is 32.3 Å². The number of aromatic nitrogens is 2. The number of ether oxygens (including phenoxy) is 2. The Labute approximate surface area is 183 Å². The minimum absolute atomic E-state index is 0.124. The van der Waals surface area contributed by atoms with Gasteiger partial charge in [0.15, 0.2) is 0 Å². The molecule has 1 amide bonds. The number of carbonyl (C=O) groups excluding carboxylic acids is 1. The first-order valence-corrected chi connectivity index (χ1v) is 10.5. The van der Waals surface area contributed by atoms with Crippen molar-refractivity contribution in [2.24, 2.45) is 5.92 Å². The van der Waals surface area contributed by atoms with Gasteiger partial charge in [-0.25, -0.2) is 14.8 Å². The van der Waals surface area contributed by atoms with Crippen LogP contribution in [0.5, 0.6) is 0 Å². The molecule has 9 nitrogen and oxygen atoms in total. The van der Waals surface area contributed by atoms with Crippen LogP contribution >= 0.6 is 0 Å². The summed E-state index contributed by atoms with van der Waals surface area (Å²) in [5.41, 5.74) is -0.217. The number of carboxylic acid groups (broad SMARTS) is 1. The third-order valence-electron chi connectivity index (χ3n) is 5.83. The average molecular weight is 460 g/mol. The van der Waals surface area contributed by atoms with Gasteiger partial charge >= 0.3 is 12.1 Å². The molecule has 1 aromatic heterocycles. The van der Waals surface area contributed by atoms with E-state index < -0.39 is 12.1 Å². The van der Waals surface area contributed by atoms with Crippen LogP contribution in [0.15, 0.2) is 18.5 Å². The first kappa shape index (κ1) is 24.2. The number of nitrogens with zero attached hydrogens (tertiary/aromatic N) is 3. The van der Waals surface area contributed by atoms with Crippen molar-refractivity contribution >= 4 is 17.8 Å². The summed E-state index contributed by atoms with van der Waals surface area (Å²) in [6.45, 7) is 3.62. The normalized spacial score (nSPS) is 26.3. The number of alkyl halides is 3. The van der Waals surface area contributed by atoms with Crippen LogP contribution in [-0.2, 0) is 19.1 Å². The van der Waals surface area contributed by atoms with Crippen molar-refractivity contribution < 1.29 is 37.3 Å². The van der Waals surface area contributed by atoms with Gasteiger partial charge in [0, 0.05) is 57.3 Å². The first-order chi connectivity index (χ1) is 15.2. The SMILES string of the molecule is O=C(C1CCOCC1)N1CC[C@@]2(C[C@H](Nc3ncccn3)CCO2)C1.O=C(O)C(F)(F)F. The van der Waals surface area contributed by atoms with E-state index in [1.54, 1.807) is 12.4 Å². The lowest BCUT2D eigenvalue weighted by atomic mass is 9.89. The Bertz CT molecular complexity index is 776. The zero-order valence-corrected chi connectivity index (χ0v) is 17.5. The van der Waals surface area contributed by atoms with Gasteiger partial charge in [-0.05, 0) is 38.2 Å². The van der Waals surface area contributed by atoms with E-state index in [9.17, 15) is 18.0 Å². The summed E-state index contributed by atoms with van der Waals surface area (Å²) in [5.74, 6) is -1.69. The number of carbonyl (C=O) groups is 2. The van der Waals surface area contributed by atoms with Crippen molar-refractivity contribution in [3.8, 4) is 0 Å². The lowest BCUT2D eigenvalue weighted by Gasteiger charge is -2.38. The number of likely N-dealkylation sites (tertiary alicyclic amines) is 1. The molecule has 0 radical (unpaired) electrons. The molecular weight excluding hydrogens is 433 g/mol. The fourth-order valence-corrected chi connectivity index (χ4v) is 4.23. The summed E-state index contributed by atoms with van der Waals surface area (Å²) in [4.78, 5) is 32.2. The zero-order chi connectivity index (χ0) is 23.2. The molecular formula is C20H27F3N4O5. The summed E-state index contributed by atoms with van der Waals surface area (Å²) >= 11 is 0. The van der Waals surface area contributed by atoms with Crippen LogP contribution in [0.25, 0.3) is 0 Å². The van der Waals surface area contributed by atoms with Crippen LogP contribution in [-0.4, -0.2) is 82.6 Å². The van der Waals surface area contributed by atoms with E-state index in [1.807, 2.05) is 11.0 Å². The highest BCUT2D eigenvalue weighted by Crippen LogP contribution is 2.36. The van der Waals surface area contributed by atoms with Crippen LogP contribution in [0.3, 0.4) is 0 Å². The quantitative estimate of drug-likeness (QED) is 0.705. The minimum Gasteiger partial charge on any atom is -0.475 e. The molecule has 0 saturated carbocycles. The molecule has 0 unspecified atom stereocenters.